The van der Waals surface area contributed by atoms with Crippen LogP contribution in [0.1, 0.15) is 30.0 Å². The maximum Gasteiger partial charge on any atom is 0.227 e. The predicted molar refractivity (Wildman–Crippen MR) is 135 cm³/mol. The Morgan fingerprint density at radius 3 is 2.30 bits per heavy atom. The molecular weight excluding hydrogens is 461 g/mol. The summed E-state index contributed by atoms with van der Waals surface area (Å²) in [7, 11) is 5.35. The maximum absolute atomic E-state index is 12.9. The Hall–Kier alpha value is -2.15. The lowest BCUT2D eigenvalue weighted by Gasteiger charge is -2.27. The van der Waals surface area contributed by atoms with Crippen LogP contribution in [0, 0.1) is 0 Å². The van der Waals surface area contributed by atoms with E-state index in [2.05, 4.69) is 18.9 Å². The van der Waals surface area contributed by atoms with Crippen molar-refractivity contribution in [3.63, 3.8) is 0 Å². The normalized spacial score (nSPS) is 14.8. The molecule has 0 fully saturated rings. The molecule has 3 rings (SSSR count). The summed E-state index contributed by atoms with van der Waals surface area (Å²) in [5, 5.41) is 0.978. The topological polar surface area (TPSA) is 68.0 Å². The number of amides is 1. The highest BCUT2D eigenvalue weighted by Crippen LogP contribution is 2.32. The molecule has 1 aliphatic rings. The van der Waals surface area contributed by atoms with Gasteiger partial charge in [-0.05, 0) is 80.7 Å². The summed E-state index contributed by atoms with van der Waals surface area (Å²) in [6.45, 7) is 4.50. The number of benzene rings is 2. The number of nitrogens with zero attached hydrogens (tertiary/aromatic N) is 2. The largest absolute Gasteiger partial charge is 0.493 e. The second kappa shape index (κ2) is 11.3. The number of hydrogen-bond donors (Lipinski definition) is 1. The van der Waals surface area contributed by atoms with Crippen molar-refractivity contribution >= 4 is 34.8 Å². The lowest BCUT2D eigenvalue weighted by molar-refractivity contribution is -0.130. The van der Waals surface area contributed by atoms with Gasteiger partial charge in [-0.2, -0.15) is 0 Å². The number of hydrogen-bond acceptors (Lipinski definition) is 5. The number of nitrogens with two attached hydrogens (primary N) is 1. The van der Waals surface area contributed by atoms with Crippen molar-refractivity contribution in [1.82, 2.24) is 9.80 Å². The Balaban J connectivity index is 1.53. The van der Waals surface area contributed by atoms with Crippen LogP contribution < -0.4 is 15.2 Å². The van der Waals surface area contributed by atoms with Crippen LogP contribution in [0.25, 0.3) is 0 Å². The molecular formula is C25H33Cl2N3O3. The molecule has 0 aliphatic carbocycles. The quantitative estimate of drug-likeness (QED) is 0.521. The molecule has 33 heavy (non-hydrogen) atoms. The summed E-state index contributed by atoms with van der Waals surface area (Å²) in [4.78, 5) is 17.1. The number of anilines is 1. The van der Waals surface area contributed by atoms with Crippen molar-refractivity contribution in [3.8, 4) is 11.5 Å². The second-order valence-corrected chi connectivity index (χ2v) is 9.46. The number of fused-ring (bicyclic) bond motifs is 1. The number of rotatable bonds is 9. The van der Waals surface area contributed by atoms with Crippen molar-refractivity contribution in [3.05, 3.63) is 51.0 Å². The molecule has 8 heteroatoms. The monoisotopic (exact) mass is 493 g/mol. The third-order valence-corrected chi connectivity index (χ3v) is 7.04. The summed E-state index contributed by atoms with van der Waals surface area (Å²) >= 11 is 12.3. The number of methoxy groups -OCH3 is 2. The zero-order valence-corrected chi connectivity index (χ0v) is 21.3. The molecule has 0 radical (unpaired) electrons. The third kappa shape index (κ3) is 6.25. The van der Waals surface area contributed by atoms with E-state index in [-0.39, 0.29) is 5.91 Å². The van der Waals surface area contributed by atoms with E-state index in [9.17, 15) is 4.79 Å². The summed E-state index contributed by atoms with van der Waals surface area (Å²) < 4.78 is 10.8. The van der Waals surface area contributed by atoms with Crippen LogP contribution in [0.15, 0.2) is 24.3 Å². The van der Waals surface area contributed by atoms with Crippen LogP contribution in [0.4, 0.5) is 5.69 Å². The Bertz CT molecular complexity index is 976. The van der Waals surface area contributed by atoms with Gasteiger partial charge in [0.25, 0.3) is 0 Å². The van der Waals surface area contributed by atoms with Crippen LogP contribution in [-0.4, -0.2) is 62.7 Å². The van der Waals surface area contributed by atoms with E-state index >= 15 is 0 Å². The van der Waals surface area contributed by atoms with Gasteiger partial charge in [0.2, 0.25) is 5.91 Å². The van der Waals surface area contributed by atoms with Crippen LogP contribution in [0.5, 0.6) is 11.5 Å². The number of halogens is 2. The zero-order valence-electron chi connectivity index (χ0n) is 19.8. The summed E-state index contributed by atoms with van der Waals surface area (Å²) in [5.74, 6) is 1.52. The van der Waals surface area contributed by atoms with E-state index in [0.717, 1.165) is 49.0 Å². The van der Waals surface area contributed by atoms with Crippen molar-refractivity contribution in [1.29, 1.82) is 0 Å². The lowest BCUT2D eigenvalue weighted by atomic mass is 10.0. The Morgan fingerprint density at radius 1 is 1.09 bits per heavy atom. The Labute approximate surface area is 206 Å². The molecule has 0 spiro atoms. The average molecular weight is 494 g/mol. The van der Waals surface area contributed by atoms with Gasteiger partial charge in [0.15, 0.2) is 11.5 Å². The second-order valence-electron chi connectivity index (χ2n) is 8.64. The van der Waals surface area contributed by atoms with Crippen molar-refractivity contribution in [2.45, 2.75) is 38.6 Å². The van der Waals surface area contributed by atoms with Gasteiger partial charge in [-0.1, -0.05) is 23.2 Å². The molecule has 6 nitrogen and oxygen atoms in total. The van der Waals surface area contributed by atoms with E-state index in [1.807, 2.05) is 29.2 Å². The minimum atomic E-state index is 0.155. The molecule has 1 amide bonds. The molecule has 1 aliphatic heterocycles. The van der Waals surface area contributed by atoms with Crippen molar-refractivity contribution in [2.24, 2.45) is 0 Å². The van der Waals surface area contributed by atoms with E-state index in [4.69, 9.17) is 38.4 Å². The number of likely N-dealkylation sites (N-methyl/N-ethyl adjacent to an activating group) is 1. The Morgan fingerprint density at radius 2 is 1.70 bits per heavy atom. The maximum atomic E-state index is 12.9. The SMILES string of the molecule is COc1cc2c(cc1OC)CC(=O)N(CCCN(C)C(C)Cc1cc(Cl)c(N)c(Cl)c1)CC2. The average Bonchev–Trinajstić information content (AvgIpc) is 2.94. The first-order valence-electron chi connectivity index (χ1n) is 11.2. The molecule has 2 aromatic rings. The van der Waals surface area contributed by atoms with E-state index in [1.54, 1.807) is 14.2 Å². The molecule has 0 aromatic heterocycles. The number of nitrogen functional groups attached to an aromatic ring is 1. The molecule has 0 saturated carbocycles. The van der Waals surface area contributed by atoms with E-state index in [0.29, 0.717) is 46.2 Å². The summed E-state index contributed by atoms with van der Waals surface area (Å²) in [6, 6.07) is 7.98. The minimum absolute atomic E-state index is 0.155. The molecule has 1 unspecified atom stereocenters. The van der Waals surface area contributed by atoms with Gasteiger partial charge in [-0.25, -0.2) is 0 Å². The van der Waals surface area contributed by atoms with Crippen LogP contribution in [0.2, 0.25) is 10.0 Å². The number of ether oxygens (including phenoxy) is 2. The smallest absolute Gasteiger partial charge is 0.227 e. The lowest BCUT2D eigenvalue weighted by Crippen LogP contribution is -2.37. The fraction of sp³-hybridized carbons (Fsp3) is 0.480. The molecule has 180 valence electrons. The molecule has 2 aromatic carbocycles. The van der Waals surface area contributed by atoms with Crippen LogP contribution in [0.3, 0.4) is 0 Å². The highest BCUT2D eigenvalue weighted by atomic mass is 35.5. The fourth-order valence-electron chi connectivity index (χ4n) is 4.23. The standard InChI is InChI=1S/C25H33Cl2N3O3/c1-16(10-17-11-20(26)25(28)21(27)12-17)29(2)7-5-8-30-9-6-18-13-22(32-3)23(33-4)14-19(18)15-24(30)31/h11-14,16H,5-10,15,28H2,1-4H3. The van der Waals surface area contributed by atoms with Crippen LogP contribution >= 0.6 is 23.2 Å². The molecule has 1 atom stereocenters. The zero-order chi connectivity index (χ0) is 24.1. The fourth-order valence-corrected chi connectivity index (χ4v) is 4.77. The predicted octanol–water partition coefficient (Wildman–Crippen LogP) is 4.47. The van der Waals surface area contributed by atoms with Crippen molar-refractivity contribution in [2.75, 3.05) is 46.6 Å². The molecule has 2 N–H and O–H groups in total. The van der Waals surface area contributed by atoms with Gasteiger partial charge >= 0.3 is 0 Å². The highest BCUT2D eigenvalue weighted by molar-refractivity contribution is 6.38. The molecule has 1 heterocycles. The van der Waals surface area contributed by atoms with Gasteiger partial charge in [0, 0.05) is 19.1 Å². The van der Waals surface area contributed by atoms with E-state index in [1.165, 1.54) is 0 Å². The first-order chi connectivity index (χ1) is 15.7. The highest BCUT2D eigenvalue weighted by Gasteiger charge is 2.23. The van der Waals surface area contributed by atoms with Gasteiger partial charge in [0.05, 0.1) is 36.4 Å². The Kier molecular flexibility index (Phi) is 8.74. The van der Waals surface area contributed by atoms with Gasteiger partial charge < -0.3 is 25.0 Å². The number of carbonyl (C=O) groups excluding carboxylic acids is 1. The van der Waals surface area contributed by atoms with Gasteiger partial charge in [-0.15, -0.1) is 0 Å². The van der Waals surface area contributed by atoms with Gasteiger partial charge in [-0.3, -0.25) is 4.79 Å². The van der Waals surface area contributed by atoms with Crippen molar-refractivity contribution < 1.29 is 14.3 Å². The number of carbonyl (C=O) groups is 1. The van der Waals surface area contributed by atoms with Crippen LogP contribution in [-0.2, 0) is 24.1 Å². The first-order valence-corrected chi connectivity index (χ1v) is 11.9. The third-order valence-electron chi connectivity index (χ3n) is 6.41. The summed E-state index contributed by atoms with van der Waals surface area (Å²) in [5.41, 5.74) is 9.49. The summed E-state index contributed by atoms with van der Waals surface area (Å²) in [6.07, 6.45) is 2.92. The molecule has 0 bridgehead atoms. The molecule has 0 saturated heterocycles. The first kappa shape index (κ1) is 25.5. The minimum Gasteiger partial charge on any atom is -0.493 e. The van der Waals surface area contributed by atoms with Gasteiger partial charge in [0.1, 0.15) is 0 Å². The van der Waals surface area contributed by atoms with E-state index < -0.39 is 0 Å².